The van der Waals surface area contributed by atoms with E-state index in [9.17, 15) is 24.2 Å². The van der Waals surface area contributed by atoms with Crippen LogP contribution in [0.4, 0.5) is 19.4 Å². The molecule has 0 saturated heterocycles. The molecule has 0 amide bonds. The van der Waals surface area contributed by atoms with Crippen molar-refractivity contribution in [2.24, 2.45) is 0 Å². The molecule has 0 atom stereocenters. The first-order valence-electron chi connectivity index (χ1n) is 8.96. The molecule has 0 spiro atoms. The maximum Gasteiger partial charge on any atom is 0.362 e. The quantitative estimate of drug-likeness (QED) is 0.457. The van der Waals surface area contributed by atoms with Crippen LogP contribution < -0.4 is 4.74 Å². The fourth-order valence-electron chi connectivity index (χ4n) is 3.31. The van der Waals surface area contributed by atoms with E-state index in [2.05, 4.69) is 15.4 Å². The summed E-state index contributed by atoms with van der Waals surface area (Å²) in [6.07, 6.45) is 2.04. The third kappa shape index (κ3) is 5.17. The second-order valence-electron chi connectivity index (χ2n) is 6.84. The van der Waals surface area contributed by atoms with Crippen LogP contribution in [0.5, 0.6) is 5.88 Å². The molecule has 12 heteroatoms. The zero-order valence-electron chi connectivity index (χ0n) is 15.4. The van der Waals surface area contributed by atoms with Gasteiger partial charge in [0.2, 0.25) is 5.69 Å². The summed E-state index contributed by atoms with van der Waals surface area (Å²) in [7, 11) is -9.66. The minimum atomic E-state index is -9.66. The van der Waals surface area contributed by atoms with Gasteiger partial charge in [0.05, 0.1) is 6.61 Å². The van der Waals surface area contributed by atoms with E-state index < -0.39 is 21.1 Å². The highest BCUT2D eigenvalue weighted by atomic mass is 32.5. The molecule has 6 nitrogen and oxygen atoms in total. The highest BCUT2D eigenvalue weighted by molar-refractivity contribution is 8.45. The van der Waals surface area contributed by atoms with E-state index in [0.29, 0.717) is 43.4 Å². The van der Waals surface area contributed by atoms with Crippen molar-refractivity contribution < 1.29 is 33.7 Å². The summed E-state index contributed by atoms with van der Waals surface area (Å²) in [6.45, 7) is 1.84. The summed E-state index contributed by atoms with van der Waals surface area (Å²) < 4.78 is 74.7. The van der Waals surface area contributed by atoms with E-state index >= 15 is 0 Å². The van der Waals surface area contributed by atoms with Crippen LogP contribution in [0.25, 0.3) is 0 Å². The second kappa shape index (κ2) is 6.85. The van der Waals surface area contributed by atoms with E-state index in [-0.39, 0.29) is 30.2 Å². The third-order valence-electron chi connectivity index (χ3n) is 4.75. The second-order valence-corrected chi connectivity index (χ2v) is 9.25. The third-order valence-corrected chi connectivity index (χ3v) is 5.91. The summed E-state index contributed by atoms with van der Waals surface area (Å²) >= 11 is 0. The molecule has 1 aliphatic carbocycles. The molecule has 0 unspecified atom stereocenters. The number of rotatable bonds is 6. The van der Waals surface area contributed by atoms with Gasteiger partial charge < -0.3 is 9.47 Å². The van der Waals surface area contributed by atoms with Crippen molar-refractivity contribution in [1.82, 2.24) is 15.4 Å². The molecule has 1 aromatic carbocycles. The molecule has 1 aliphatic rings. The van der Waals surface area contributed by atoms with Gasteiger partial charge in [-0.25, -0.2) is 9.89 Å². The van der Waals surface area contributed by atoms with Crippen molar-refractivity contribution in [1.29, 1.82) is 0 Å². The lowest BCUT2D eigenvalue weighted by atomic mass is 9.83. The highest BCUT2D eigenvalue weighted by Crippen LogP contribution is 3.02. The van der Waals surface area contributed by atoms with Gasteiger partial charge in [-0.1, -0.05) is 41.9 Å². The van der Waals surface area contributed by atoms with Crippen LogP contribution in [0.1, 0.15) is 54.6 Å². The van der Waals surface area contributed by atoms with Gasteiger partial charge in [0.1, 0.15) is 11.0 Å². The van der Waals surface area contributed by atoms with Crippen molar-refractivity contribution in [3.8, 4) is 5.88 Å². The first-order chi connectivity index (χ1) is 13.4. The van der Waals surface area contributed by atoms with Gasteiger partial charge in [0, 0.05) is 0 Å². The maximum absolute atomic E-state index is 12.8. The fraction of sp³-hybridized carbons (Fsp3) is 0.471. The summed E-state index contributed by atoms with van der Waals surface area (Å²) in [5, 5.41) is 9.70. The Kier molecular flexibility index (Phi) is 5.04. The molecule has 1 fully saturated rings. The normalized spacial score (nSPS) is 22.4. The Bertz CT molecular complexity index is 878. The molecular formula is C17H20F5N3O3S. The number of nitrogens with one attached hydrogen (secondary N) is 1. The lowest BCUT2D eigenvalue weighted by Crippen LogP contribution is -2.24. The number of carbonyl (C=O) groups excluding carboxylic acids is 1. The van der Waals surface area contributed by atoms with Crippen LogP contribution in [-0.4, -0.2) is 34.1 Å². The van der Waals surface area contributed by atoms with Gasteiger partial charge in [-0.2, -0.15) is 0 Å². The Morgan fingerprint density at radius 1 is 1.10 bits per heavy atom. The van der Waals surface area contributed by atoms with Gasteiger partial charge >= 0.3 is 16.2 Å². The number of aromatic nitrogens is 3. The van der Waals surface area contributed by atoms with Crippen LogP contribution in [0, 0.1) is 0 Å². The molecule has 1 aromatic heterocycles. The Hall–Kier alpha value is -2.37. The number of nitrogens with zero attached hydrogens (tertiary/aromatic N) is 2. The molecular weight excluding hydrogens is 421 g/mol. The standard InChI is InChI=1S/C17H20F5N3O3S/c1-2-27-17(26)15-16(24-25-23-15)28-13-7-3-11(4-8-13)12-5-9-14(10-6-12)29(18,19,20,21)22/h5-6,9-11,13H,2-4,7-8H2,1H3,(H,23,24,25). The number of halogens is 5. The summed E-state index contributed by atoms with van der Waals surface area (Å²) in [6, 6.07) is 3.10. The molecule has 1 heterocycles. The molecule has 0 radical (unpaired) electrons. The fourth-order valence-corrected chi connectivity index (χ4v) is 3.96. The number of H-pyrrole nitrogens is 1. The minimum absolute atomic E-state index is 0.0144. The number of benzene rings is 1. The van der Waals surface area contributed by atoms with Crippen LogP contribution in [0.3, 0.4) is 0 Å². The topological polar surface area (TPSA) is 77.1 Å². The highest BCUT2D eigenvalue weighted by Gasteiger charge is 2.65. The SMILES string of the molecule is CCOC(=O)c1[nH]nnc1OC1CCC(c2ccc(S(F)(F)(F)(F)F)cc2)CC1. The van der Waals surface area contributed by atoms with Gasteiger partial charge in [-0.05, 0) is 56.2 Å². The number of carbonyl (C=O) groups is 1. The van der Waals surface area contributed by atoms with Crippen molar-refractivity contribution in [3.63, 3.8) is 0 Å². The van der Waals surface area contributed by atoms with Gasteiger partial charge in [-0.15, -0.1) is 0 Å². The van der Waals surface area contributed by atoms with Gasteiger partial charge in [0.15, 0.2) is 0 Å². The summed E-state index contributed by atoms with van der Waals surface area (Å²) in [5.74, 6) is -0.665. The number of ether oxygens (including phenoxy) is 2. The maximum atomic E-state index is 12.8. The first-order valence-corrected chi connectivity index (χ1v) is 10.9. The van der Waals surface area contributed by atoms with E-state index in [4.69, 9.17) is 9.47 Å². The van der Waals surface area contributed by atoms with E-state index in [0.717, 1.165) is 12.1 Å². The molecule has 1 N–H and O–H groups in total. The van der Waals surface area contributed by atoms with E-state index in [1.807, 2.05) is 0 Å². The Labute approximate surface area is 163 Å². The molecule has 162 valence electrons. The van der Waals surface area contributed by atoms with Gasteiger partial charge in [0.25, 0.3) is 5.88 Å². The minimum Gasteiger partial charge on any atom is -0.472 e. The summed E-state index contributed by atoms with van der Waals surface area (Å²) in [4.78, 5) is 9.92. The van der Waals surface area contributed by atoms with Crippen molar-refractivity contribution in [2.75, 3.05) is 6.61 Å². The predicted molar refractivity (Wildman–Crippen MR) is 95.8 cm³/mol. The zero-order valence-corrected chi connectivity index (χ0v) is 16.2. The van der Waals surface area contributed by atoms with Crippen molar-refractivity contribution in [3.05, 3.63) is 35.5 Å². The molecule has 2 aromatic rings. The van der Waals surface area contributed by atoms with Crippen LogP contribution >= 0.6 is 10.2 Å². The summed E-state index contributed by atoms with van der Waals surface area (Å²) in [5.41, 5.74) is 0.586. The smallest absolute Gasteiger partial charge is 0.362 e. The monoisotopic (exact) mass is 441 g/mol. The zero-order chi connectivity index (χ0) is 21.3. The largest absolute Gasteiger partial charge is 0.472 e. The number of aromatic amines is 1. The molecule has 0 bridgehead atoms. The van der Waals surface area contributed by atoms with Crippen LogP contribution in [0.2, 0.25) is 0 Å². The van der Waals surface area contributed by atoms with Crippen molar-refractivity contribution in [2.45, 2.75) is 49.5 Å². The molecule has 1 saturated carbocycles. The Balaban J connectivity index is 1.61. The molecule has 3 rings (SSSR count). The van der Waals surface area contributed by atoms with Gasteiger partial charge in [-0.3, -0.25) is 0 Å². The molecule has 0 aliphatic heterocycles. The Morgan fingerprint density at radius 2 is 1.72 bits per heavy atom. The lowest BCUT2D eigenvalue weighted by Gasteiger charge is -2.40. The number of hydrogen-bond acceptors (Lipinski definition) is 5. The van der Waals surface area contributed by atoms with Crippen molar-refractivity contribution >= 4 is 16.2 Å². The van der Waals surface area contributed by atoms with E-state index in [1.165, 1.54) is 0 Å². The first kappa shape index (κ1) is 21.3. The van der Waals surface area contributed by atoms with E-state index in [1.54, 1.807) is 6.92 Å². The molecule has 29 heavy (non-hydrogen) atoms. The van der Waals surface area contributed by atoms with Crippen LogP contribution in [-0.2, 0) is 4.74 Å². The van der Waals surface area contributed by atoms with Crippen LogP contribution in [0.15, 0.2) is 29.2 Å². The average molecular weight is 441 g/mol. The average Bonchev–Trinajstić information content (AvgIpc) is 3.09. The predicted octanol–water partition coefficient (Wildman–Crippen LogP) is 5.74. The number of esters is 1. The lowest BCUT2D eigenvalue weighted by molar-refractivity contribution is 0.0508. The Morgan fingerprint density at radius 3 is 2.28 bits per heavy atom. The number of hydrogen-bond donors (Lipinski definition) is 1.